The van der Waals surface area contributed by atoms with Gasteiger partial charge in [-0.2, -0.15) is 0 Å². The Morgan fingerprint density at radius 1 is 1.22 bits per heavy atom. The van der Waals surface area contributed by atoms with Gasteiger partial charge in [0.15, 0.2) is 23.4 Å². The predicted octanol–water partition coefficient (Wildman–Crippen LogP) is 3.10. The van der Waals surface area contributed by atoms with Crippen LogP contribution in [0.2, 0.25) is 0 Å². The zero-order valence-corrected chi connectivity index (χ0v) is 21.1. The van der Waals surface area contributed by atoms with Crippen molar-refractivity contribution in [1.82, 2.24) is 15.2 Å². The fraction of sp³-hybridized carbons (Fsp3) is 0.536. The van der Waals surface area contributed by atoms with Gasteiger partial charge in [-0.05, 0) is 74.8 Å². The quantitative estimate of drug-likeness (QED) is 0.621. The molecule has 0 unspecified atom stereocenters. The van der Waals surface area contributed by atoms with Crippen molar-refractivity contribution in [3.8, 4) is 11.5 Å². The third-order valence-corrected chi connectivity index (χ3v) is 9.31. The summed E-state index contributed by atoms with van der Waals surface area (Å²) in [7, 11) is 0. The Morgan fingerprint density at radius 2 is 2.08 bits per heavy atom. The minimum Gasteiger partial charge on any atom is -0.504 e. The summed E-state index contributed by atoms with van der Waals surface area (Å²) in [6, 6.07) is 9.58. The number of phenols is 1. The number of aryl methyl sites for hydroxylation is 1. The lowest BCUT2D eigenvalue weighted by molar-refractivity contribution is -0.150. The maximum atomic E-state index is 13.6. The summed E-state index contributed by atoms with van der Waals surface area (Å²) >= 11 is 0. The molecule has 3 fully saturated rings. The number of benzene rings is 1. The molecule has 1 aromatic carbocycles. The molecule has 4 atom stereocenters. The van der Waals surface area contributed by atoms with Gasteiger partial charge in [0.1, 0.15) is 0 Å². The van der Waals surface area contributed by atoms with Crippen molar-refractivity contribution in [3.63, 3.8) is 0 Å². The number of nitrogens with zero attached hydrogens (tertiary/aromatic N) is 2. The highest BCUT2D eigenvalue weighted by atomic mass is 35.5. The number of hydrogen-bond donors (Lipinski definition) is 2. The summed E-state index contributed by atoms with van der Waals surface area (Å²) < 4.78 is 6.31. The second kappa shape index (κ2) is 8.45. The Bertz CT molecular complexity index is 1220. The Labute approximate surface area is 217 Å². The number of rotatable bonds is 6. The Kier molecular flexibility index (Phi) is 5.57. The van der Waals surface area contributed by atoms with E-state index in [9.17, 15) is 14.7 Å². The van der Waals surface area contributed by atoms with E-state index < -0.39 is 17.1 Å². The van der Waals surface area contributed by atoms with Gasteiger partial charge in [0, 0.05) is 42.9 Å². The third-order valence-electron chi connectivity index (χ3n) is 9.31. The fourth-order valence-electron chi connectivity index (χ4n) is 7.66. The lowest BCUT2D eigenvalue weighted by atomic mass is 9.47. The second-order valence-electron chi connectivity index (χ2n) is 11.1. The molecule has 1 amide bonds. The maximum Gasteiger partial charge on any atom is 0.220 e. The first kappa shape index (κ1) is 23.7. The Hall–Kier alpha value is -2.64. The normalized spacial score (nSPS) is 31.7. The van der Waals surface area contributed by atoms with E-state index in [2.05, 4.69) is 15.2 Å². The van der Waals surface area contributed by atoms with Crippen molar-refractivity contribution >= 4 is 24.1 Å². The van der Waals surface area contributed by atoms with Gasteiger partial charge in [0.05, 0.1) is 11.0 Å². The SMILES string of the molecule is Cl.O=C(CCc1ccccn1)N[C@@]12CCC(=O)[C@@H]3Oc4c(O)ccc5c4[C@@]31CCN(CC1CC1)[C@@H]2C5. The van der Waals surface area contributed by atoms with Gasteiger partial charge in [-0.25, -0.2) is 0 Å². The zero-order chi connectivity index (χ0) is 23.8. The lowest BCUT2D eigenvalue weighted by Gasteiger charge is -2.65. The van der Waals surface area contributed by atoms with Gasteiger partial charge in [-0.15, -0.1) is 12.4 Å². The van der Waals surface area contributed by atoms with E-state index >= 15 is 0 Å². The van der Waals surface area contributed by atoms with E-state index in [1.54, 1.807) is 12.3 Å². The number of phenolic OH excluding ortho intramolecular Hbond substituents is 1. The van der Waals surface area contributed by atoms with Gasteiger partial charge in [-0.1, -0.05) is 12.1 Å². The molecule has 36 heavy (non-hydrogen) atoms. The topological polar surface area (TPSA) is 91.8 Å². The average molecular weight is 510 g/mol. The van der Waals surface area contributed by atoms with Gasteiger partial charge in [0.25, 0.3) is 0 Å². The lowest BCUT2D eigenvalue weighted by Crippen LogP contribution is -2.82. The van der Waals surface area contributed by atoms with E-state index in [4.69, 9.17) is 4.74 Å². The first-order chi connectivity index (χ1) is 17.0. The Morgan fingerprint density at radius 3 is 2.86 bits per heavy atom. The highest BCUT2D eigenvalue weighted by Crippen LogP contribution is 2.65. The highest BCUT2D eigenvalue weighted by molar-refractivity contribution is 5.91. The number of piperidine rings is 1. The summed E-state index contributed by atoms with van der Waals surface area (Å²) in [4.78, 5) is 33.8. The summed E-state index contributed by atoms with van der Waals surface area (Å²) in [6.45, 7) is 1.93. The van der Waals surface area contributed by atoms with Crippen LogP contribution in [0, 0.1) is 5.92 Å². The van der Waals surface area contributed by atoms with Crippen molar-refractivity contribution in [2.24, 2.45) is 5.92 Å². The molecular weight excluding hydrogens is 478 g/mol. The molecule has 7 rings (SSSR count). The number of pyridine rings is 1. The minimum atomic E-state index is -0.653. The van der Waals surface area contributed by atoms with Crippen molar-refractivity contribution < 1.29 is 19.4 Å². The van der Waals surface area contributed by atoms with Crippen LogP contribution in [-0.4, -0.2) is 57.5 Å². The number of carbonyl (C=O) groups is 2. The molecule has 7 nitrogen and oxygen atoms in total. The second-order valence-corrected chi connectivity index (χ2v) is 11.1. The number of ketones is 1. The minimum absolute atomic E-state index is 0. The summed E-state index contributed by atoms with van der Waals surface area (Å²) in [6.07, 6.45) is 7.11. The summed E-state index contributed by atoms with van der Waals surface area (Å²) in [5.74, 6) is 1.37. The van der Waals surface area contributed by atoms with E-state index in [1.165, 1.54) is 12.8 Å². The Balaban J connectivity index is 0.00000240. The molecule has 5 aliphatic rings. The van der Waals surface area contributed by atoms with Gasteiger partial charge >= 0.3 is 0 Å². The molecule has 8 heteroatoms. The smallest absolute Gasteiger partial charge is 0.220 e. The molecular formula is C28H32ClN3O4. The number of amides is 1. The fourth-order valence-corrected chi connectivity index (χ4v) is 7.66. The van der Waals surface area contributed by atoms with Gasteiger partial charge in [-0.3, -0.25) is 19.5 Å². The van der Waals surface area contributed by atoms with E-state index in [1.807, 2.05) is 24.3 Å². The number of halogens is 1. The van der Waals surface area contributed by atoms with Crippen LogP contribution < -0.4 is 10.1 Å². The van der Waals surface area contributed by atoms with Crippen LogP contribution in [0.25, 0.3) is 0 Å². The molecule has 3 heterocycles. The zero-order valence-electron chi connectivity index (χ0n) is 20.2. The van der Waals surface area contributed by atoms with Gasteiger partial charge in [0.2, 0.25) is 5.91 Å². The number of carbonyl (C=O) groups excluding carboxylic acids is 2. The van der Waals surface area contributed by atoms with E-state index in [0.717, 1.165) is 48.7 Å². The van der Waals surface area contributed by atoms with Crippen molar-refractivity contribution in [2.75, 3.05) is 13.1 Å². The molecule has 1 spiro atoms. The van der Waals surface area contributed by atoms with Gasteiger partial charge < -0.3 is 15.2 Å². The van der Waals surface area contributed by atoms with Crippen LogP contribution in [-0.2, 0) is 27.8 Å². The van der Waals surface area contributed by atoms with Crippen molar-refractivity contribution in [2.45, 2.75) is 74.5 Å². The van der Waals surface area contributed by atoms with Crippen LogP contribution in [0.4, 0.5) is 0 Å². The van der Waals surface area contributed by atoms with E-state index in [-0.39, 0.29) is 35.9 Å². The van der Waals surface area contributed by atoms with E-state index in [0.29, 0.717) is 31.4 Å². The monoisotopic (exact) mass is 509 g/mol. The molecule has 1 aromatic heterocycles. The molecule has 2 bridgehead atoms. The highest BCUT2D eigenvalue weighted by Gasteiger charge is 2.73. The number of ether oxygens (including phenoxy) is 1. The van der Waals surface area contributed by atoms with Crippen molar-refractivity contribution in [3.05, 3.63) is 53.3 Å². The number of aromatic nitrogens is 1. The summed E-state index contributed by atoms with van der Waals surface area (Å²) in [5, 5.41) is 14.3. The van der Waals surface area contributed by atoms with Crippen LogP contribution in [0.15, 0.2) is 36.5 Å². The molecule has 190 valence electrons. The summed E-state index contributed by atoms with van der Waals surface area (Å²) in [5.41, 5.74) is 1.80. The molecule has 2 N–H and O–H groups in total. The van der Waals surface area contributed by atoms with Crippen LogP contribution in [0.3, 0.4) is 0 Å². The van der Waals surface area contributed by atoms with Crippen molar-refractivity contribution in [1.29, 1.82) is 0 Å². The largest absolute Gasteiger partial charge is 0.504 e. The van der Waals surface area contributed by atoms with Crippen LogP contribution >= 0.6 is 12.4 Å². The molecule has 2 aliphatic heterocycles. The molecule has 3 aliphatic carbocycles. The molecule has 1 saturated heterocycles. The number of Topliss-reactive ketones (excluding diaryl/α,β-unsaturated/α-hetero) is 1. The third kappa shape index (κ3) is 3.25. The first-order valence-corrected chi connectivity index (χ1v) is 13.0. The number of aromatic hydroxyl groups is 1. The number of likely N-dealkylation sites (tertiary alicyclic amines) is 1. The number of hydrogen-bond acceptors (Lipinski definition) is 6. The standard InChI is InChI=1S/C28H31N3O4.ClH/c32-20-8-6-18-15-22-28(30-23(34)9-7-19-3-1-2-13-29-19)11-10-21(33)26-27(28,24(18)25(20)35-26)12-14-31(22)16-17-4-5-17;/h1-3,6,8,13,17,22,26,32H,4-5,7,9-12,14-16H2,(H,30,34);1H/t22-,26+,27+,28-;/m1./s1. The predicted molar refractivity (Wildman–Crippen MR) is 136 cm³/mol. The average Bonchev–Trinajstić information content (AvgIpc) is 3.60. The molecule has 0 radical (unpaired) electrons. The molecule has 2 saturated carbocycles. The van der Waals surface area contributed by atoms with Crippen LogP contribution in [0.5, 0.6) is 11.5 Å². The maximum absolute atomic E-state index is 13.6. The van der Waals surface area contributed by atoms with Crippen LogP contribution in [0.1, 0.15) is 55.3 Å². The molecule has 2 aromatic rings. The first-order valence-electron chi connectivity index (χ1n) is 13.0. The number of nitrogens with one attached hydrogen (secondary N) is 1.